The molecule has 2 N–H and O–H groups in total. The number of hydrogen-bond donors (Lipinski definition) is 1. The van der Waals surface area contributed by atoms with Crippen LogP contribution in [0.25, 0.3) is 0 Å². The molecule has 1 fully saturated rings. The monoisotopic (exact) mass is 295 g/mol. The van der Waals surface area contributed by atoms with Crippen molar-refractivity contribution >= 4 is 11.4 Å². The van der Waals surface area contributed by atoms with Crippen molar-refractivity contribution in [1.29, 1.82) is 0 Å². The Balaban J connectivity index is 2.12. The van der Waals surface area contributed by atoms with Gasteiger partial charge in [-0.25, -0.2) is 4.39 Å². The lowest BCUT2D eigenvalue weighted by Crippen LogP contribution is -2.42. The first-order valence-corrected chi connectivity index (χ1v) is 7.66. The largest absolute Gasteiger partial charge is 0.490 e. The fourth-order valence-corrected chi connectivity index (χ4v) is 2.78. The maximum absolute atomic E-state index is 13.9. The van der Waals surface area contributed by atoms with Crippen LogP contribution in [0, 0.1) is 5.82 Å². The van der Waals surface area contributed by atoms with Gasteiger partial charge in [0, 0.05) is 31.3 Å². The van der Waals surface area contributed by atoms with Crippen LogP contribution in [0.1, 0.15) is 26.2 Å². The average molecular weight is 295 g/mol. The summed E-state index contributed by atoms with van der Waals surface area (Å²) in [6, 6.07) is 3.73. The van der Waals surface area contributed by atoms with E-state index in [0.29, 0.717) is 24.1 Å². The highest BCUT2D eigenvalue weighted by Gasteiger charge is 2.23. The lowest BCUT2D eigenvalue weighted by molar-refractivity contribution is 0.249. The van der Waals surface area contributed by atoms with Crippen LogP contribution in [0.4, 0.5) is 15.8 Å². The number of anilines is 2. The lowest BCUT2D eigenvalue weighted by Gasteiger charge is -2.37. The van der Waals surface area contributed by atoms with Gasteiger partial charge < -0.3 is 20.3 Å². The molecule has 1 saturated heterocycles. The number of nitrogen functional groups attached to an aromatic ring is 1. The van der Waals surface area contributed by atoms with E-state index in [9.17, 15) is 4.39 Å². The molecule has 2 rings (SSSR count). The summed E-state index contributed by atoms with van der Waals surface area (Å²) in [5.74, 6) is -0.0799. The van der Waals surface area contributed by atoms with Crippen LogP contribution in [0.5, 0.6) is 5.75 Å². The molecular formula is C16H26FN3O. The van der Waals surface area contributed by atoms with E-state index in [1.807, 2.05) is 6.92 Å². The Bertz CT molecular complexity index is 471. The summed E-state index contributed by atoms with van der Waals surface area (Å²) in [5, 5.41) is 0. The molecule has 0 spiro atoms. The number of halogens is 1. The predicted octanol–water partition coefficient (Wildman–Crippen LogP) is 2.73. The second kappa shape index (κ2) is 6.98. The van der Waals surface area contributed by atoms with Crippen LogP contribution in [0.15, 0.2) is 12.1 Å². The first-order valence-electron chi connectivity index (χ1n) is 7.66. The number of hydrogen-bond acceptors (Lipinski definition) is 4. The Morgan fingerprint density at radius 1 is 1.33 bits per heavy atom. The van der Waals surface area contributed by atoms with Crippen molar-refractivity contribution in [1.82, 2.24) is 4.90 Å². The lowest BCUT2D eigenvalue weighted by atomic mass is 10.0. The Kier molecular flexibility index (Phi) is 5.28. The van der Waals surface area contributed by atoms with Gasteiger partial charge >= 0.3 is 0 Å². The van der Waals surface area contributed by atoms with Crippen molar-refractivity contribution in [2.45, 2.75) is 32.2 Å². The van der Waals surface area contributed by atoms with Crippen LogP contribution in [-0.4, -0.2) is 44.7 Å². The normalized spacial score (nSPS) is 16.5. The van der Waals surface area contributed by atoms with Crippen molar-refractivity contribution in [3.8, 4) is 5.75 Å². The van der Waals surface area contributed by atoms with Gasteiger partial charge in [-0.1, -0.05) is 6.92 Å². The molecule has 4 nitrogen and oxygen atoms in total. The summed E-state index contributed by atoms with van der Waals surface area (Å²) in [6.07, 6.45) is 3.04. The molecule has 1 heterocycles. The van der Waals surface area contributed by atoms with Gasteiger partial charge in [-0.15, -0.1) is 0 Å². The molecule has 0 aromatic heterocycles. The third-order valence-corrected chi connectivity index (χ3v) is 4.08. The van der Waals surface area contributed by atoms with Crippen LogP contribution in [0.2, 0.25) is 0 Å². The molecule has 0 amide bonds. The zero-order valence-corrected chi connectivity index (χ0v) is 13.2. The SMILES string of the molecule is CCCOc1cc(N2CCC(N(C)C)CC2)c(N)cc1F. The van der Waals surface area contributed by atoms with Gasteiger partial charge in [-0.3, -0.25) is 0 Å². The van der Waals surface area contributed by atoms with E-state index >= 15 is 0 Å². The van der Waals surface area contributed by atoms with Gasteiger partial charge in [-0.05, 0) is 33.4 Å². The molecule has 0 unspecified atom stereocenters. The summed E-state index contributed by atoms with van der Waals surface area (Å²) in [4.78, 5) is 4.49. The zero-order chi connectivity index (χ0) is 15.4. The first-order chi connectivity index (χ1) is 10.0. The summed E-state index contributed by atoms with van der Waals surface area (Å²) in [5.41, 5.74) is 7.37. The van der Waals surface area contributed by atoms with E-state index in [-0.39, 0.29) is 5.82 Å². The number of rotatable bonds is 5. The third kappa shape index (κ3) is 3.79. The second-order valence-corrected chi connectivity index (χ2v) is 5.87. The number of ether oxygens (including phenoxy) is 1. The van der Waals surface area contributed by atoms with E-state index in [1.165, 1.54) is 6.07 Å². The van der Waals surface area contributed by atoms with Crippen LogP contribution >= 0.6 is 0 Å². The van der Waals surface area contributed by atoms with Crippen LogP contribution in [0.3, 0.4) is 0 Å². The molecule has 1 aromatic rings. The van der Waals surface area contributed by atoms with Gasteiger partial charge in [0.1, 0.15) is 0 Å². The van der Waals surface area contributed by atoms with Crippen LogP contribution in [-0.2, 0) is 0 Å². The molecule has 118 valence electrons. The number of nitrogens with two attached hydrogens (primary N) is 1. The molecule has 1 aromatic carbocycles. The fraction of sp³-hybridized carbons (Fsp3) is 0.625. The maximum Gasteiger partial charge on any atom is 0.167 e. The number of piperidine rings is 1. The quantitative estimate of drug-likeness (QED) is 0.848. The standard InChI is InChI=1S/C16H26FN3O/c1-4-9-21-16-11-15(14(18)10-13(16)17)20-7-5-12(6-8-20)19(2)3/h10-12H,4-9,18H2,1-3H3. The van der Waals surface area contributed by atoms with Crippen molar-refractivity contribution in [3.05, 3.63) is 17.9 Å². The molecule has 1 aliphatic rings. The molecule has 0 aliphatic carbocycles. The molecule has 0 bridgehead atoms. The van der Waals surface area contributed by atoms with E-state index in [0.717, 1.165) is 38.0 Å². The predicted molar refractivity (Wildman–Crippen MR) is 85.5 cm³/mol. The van der Waals surface area contributed by atoms with Crippen molar-refractivity contribution in [3.63, 3.8) is 0 Å². The topological polar surface area (TPSA) is 41.7 Å². The molecule has 1 aliphatic heterocycles. The maximum atomic E-state index is 13.9. The highest BCUT2D eigenvalue weighted by Crippen LogP contribution is 2.33. The zero-order valence-electron chi connectivity index (χ0n) is 13.2. The average Bonchev–Trinajstić information content (AvgIpc) is 2.46. The molecular weight excluding hydrogens is 269 g/mol. The fourth-order valence-electron chi connectivity index (χ4n) is 2.78. The van der Waals surface area contributed by atoms with Crippen molar-refractivity contribution < 1.29 is 9.13 Å². The Morgan fingerprint density at radius 2 is 2.00 bits per heavy atom. The number of benzene rings is 1. The van der Waals surface area contributed by atoms with Gasteiger partial charge in [0.05, 0.1) is 18.0 Å². The Hall–Kier alpha value is -1.49. The first kappa shape index (κ1) is 15.9. The van der Waals surface area contributed by atoms with E-state index in [1.54, 1.807) is 6.07 Å². The smallest absolute Gasteiger partial charge is 0.167 e. The minimum atomic E-state index is -0.382. The summed E-state index contributed by atoms with van der Waals surface area (Å²) in [6.45, 7) is 4.39. The van der Waals surface area contributed by atoms with Gasteiger partial charge in [0.15, 0.2) is 11.6 Å². The molecule has 21 heavy (non-hydrogen) atoms. The Morgan fingerprint density at radius 3 is 2.57 bits per heavy atom. The molecule has 0 saturated carbocycles. The van der Waals surface area contributed by atoms with Gasteiger partial charge in [0.2, 0.25) is 0 Å². The summed E-state index contributed by atoms with van der Waals surface area (Å²) >= 11 is 0. The third-order valence-electron chi connectivity index (χ3n) is 4.08. The number of nitrogens with zero attached hydrogens (tertiary/aromatic N) is 2. The highest BCUT2D eigenvalue weighted by atomic mass is 19.1. The molecule has 0 atom stereocenters. The molecule has 5 heteroatoms. The second-order valence-electron chi connectivity index (χ2n) is 5.87. The minimum Gasteiger partial charge on any atom is -0.490 e. The van der Waals surface area contributed by atoms with E-state index in [2.05, 4.69) is 23.9 Å². The van der Waals surface area contributed by atoms with Gasteiger partial charge in [-0.2, -0.15) is 0 Å². The molecule has 0 radical (unpaired) electrons. The summed E-state index contributed by atoms with van der Waals surface area (Å²) < 4.78 is 19.3. The van der Waals surface area contributed by atoms with Crippen LogP contribution < -0.4 is 15.4 Å². The Labute approximate surface area is 126 Å². The van der Waals surface area contributed by atoms with Gasteiger partial charge in [0.25, 0.3) is 0 Å². The van der Waals surface area contributed by atoms with E-state index < -0.39 is 0 Å². The highest BCUT2D eigenvalue weighted by molar-refractivity contribution is 5.70. The van der Waals surface area contributed by atoms with Crippen molar-refractivity contribution in [2.75, 3.05) is 44.4 Å². The van der Waals surface area contributed by atoms with Crippen molar-refractivity contribution in [2.24, 2.45) is 0 Å². The summed E-state index contributed by atoms with van der Waals surface area (Å²) in [7, 11) is 4.23. The van der Waals surface area contributed by atoms with E-state index in [4.69, 9.17) is 10.5 Å². The minimum absolute atomic E-state index is 0.302.